The third kappa shape index (κ3) is 2.02. The molecule has 0 aromatic carbocycles. The number of hydrogen-bond donors (Lipinski definition) is 0. The minimum atomic E-state index is 0.432. The van der Waals surface area contributed by atoms with Gasteiger partial charge in [-0.1, -0.05) is 25.4 Å². The first-order valence-electron chi connectivity index (χ1n) is 4.84. The molecule has 3 nitrogen and oxygen atoms in total. The average molecular weight is 222 g/mol. The predicted molar refractivity (Wildman–Crippen MR) is 60.5 cm³/mol. The molecule has 4 heteroatoms. The highest BCUT2D eigenvalue weighted by atomic mass is 35.5. The van der Waals surface area contributed by atoms with Crippen LogP contribution in [-0.4, -0.2) is 14.8 Å². The molecule has 2 rings (SSSR count). The highest BCUT2D eigenvalue weighted by molar-refractivity contribution is 6.32. The second-order valence-electron chi connectivity index (χ2n) is 3.68. The van der Waals surface area contributed by atoms with Crippen LogP contribution in [0.3, 0.4) is 0 Å². The standard InChI is InChI=1S/C11H12ClN3/c1-8(2)9-6-10(12)11(13-7-9)15-5-3-4-14-15/h3-8H,1-2H3. The number of halogens is 1. The molecule has 78 valence electrons. The van der Waals surface area contributed by atoms with Crippen molar-refractivity contribution >= 4 is 11.6 Å². The van der Waals surface area contributed by atoms with Gasteiger partial charge in [0.2, 0.25) is 0 Å². The highest BCUT2D eigenvalue weighted by Crippen LogP contribution is 2.22. The summed E-state index contributed by atoms with van der Waals surface area (Å²) in [4.78, 5) is 4.31. The van der Waals surface area contributed by atoms with Crippen LogP contribution in [-0.2, 0) is 0 Å². The molecular formula is C11H12ClN3. The zero-order valence-electron chi connectivity index (χ0n) is 8.68. The van der Waals surface area contributed by atoms with E-state index in [1.807, 2.05) is 24.5 Å². The number of hydrogen-bond acceptors (Lipinski definition) is 2. The van der Waals surface area contributed by atoms with Crippen LogP contribution in [0.15, 0.2) is 30.7 Å². The summed E-state index contributed by atoms with van der Waals surface area (Å²) in [6.07, 6.45) is 5.37. The smallest absolute Gasteiger partial charge is 0.172 e. The maximum atomic E-state index is 6.14. The summed E-state index contributed by atoms with van der Waals surface area (Å²) in [6.45, 7) is 4.22. The lowest BCUT2D eigenvalue weighted by Crippen LogP contribution is -2.00. The second-order valence-corrected chi connectivity index (χ2v) is 4.09. The van der Waals surface area contributed by atoms with E-state index < -0.39 is 0 Å². The van der Waals surface area contributed by atoms with Crippen LogP contribution in [0.1, 0.15) is 25.3 Å². The molecule has 0 N–H and O–H groups in total. The largest absolute Gasteiger partial charge is 0.236 e. The maximum absolute atomic E-state index is 6.14. The van der Waals surface area contributed by atoms with Crippen LogP contribution in [0, 0.1) is 0 Å². The first kappa shape index (κ1) is 10.2. The summed E-state index contributed by atoms with van der Waals surface area (Å²) < 4.78 is 1.66. The minimum absolute atomic E-state index is 0.432. The van der Waals surface area contributed by atoms with E-state index >= 15 is 0 Å². The Labute approximate surface area is 93.7 Å². The first-order chi connectivity index (χ1) is 7.18. The number of pyridine rings is 1. The normalized spacial score (nSPS) is 10.9. The molecule has 0 saturated heterocycles. The van der Waals surface area contributed by atoms with E-state index in [-0.39, 0.29) is 0 Å². The molecule has 0 unspecified atom stereocenters. The van der Waals surface area contributed by atoms with Crippen molar-refractivity contribution in [3.63, 3.8) is 0 Å². The lowest BCUT2D eigenvalue weighted by atomic mass is 10.1. The molecular weight excluding hydrogens is 210 g/mol. The third-order valence-electron chi connectivity index (χ3n) is 2.23. The molecule has 0 radical (unpaired) electrons. The fourth-order valence-corrected chi connectivity index (χ4v) is 1.59. The molecule has 0 aliphatic carbocycles. The van der Waals surface area contributed by atoms with Crippen LogP contribution in [0.2, 0.25) is 5.02 Å². The molecule has 0 spiro atoms. The number of rotatable bonds is 2. The van der Waals surface area contributed by atoms with E-state index in [1.54, 1.807) is 10.9 Å². The highest BCUT2D eigenvalue weighted by Gasteiger charge is 2.07. The van der Waals surface area contributed by atoms with E-state index in [0.29, 0.717) is 16.8 Å². The van der Waals surface area contributed by atoms with Gasteiger partial charge in [0.15, 0.2) is 5.82 Å². The van der Waals surface area contributed by atoms with Crippen molar-refractivity contribution in [1.82, 2.24) is 14.8 Å². The quantitative estimate of drug-likeness (QED) is 0.781. The Balaban J connectivity index is 2.44. The number of nitrogens with zero attached hydrogens (tertiary/aromatic N) is 3. The van der Waals surface area contributed by atoms with Crippen LogP contribution in [0.25, 0.3) is 5.82 Å². The first-order valence-corrected chi connectivity index (χ1v) is 5.21. The van der Waals surface area contributed by atoms with Crippen LogP contribution >= 0.6 is 11.6 Å². The summed E-state index contributed by atoms with van der Waals surface area (Å²) in [6, 6.07) is 3.78. The van der Waals surface area contributed by atoms with Gasteiger partial charge in [0.05, 0.1) is 5.02 Å². The van der Waals surface area contributed by atoms with Gasteiger partial charge in [0.25, 0.3) is 0 Å². The van der Waals surface area contributed by atoms with Gasteiger partial charge in [-0.25, -0.2) is 9.67 Å². The van der Waals surface area contributed by atoms with Gasteiger partial charge in [0, 0.05) is 18.6 Å². The Morgan fingerprint density at radius 1 is 1.40 bits per heavy atom. The summed E-state index contributed by atoms with van der Waals surface area (Å²) in [5.41, 5.74) is 1.14. The van der Waals surface area contributed by atoms with Crippen molar-refractivity contribution < 1.29 is 0 Å². The summed E-state index contributed by atoms with van der Waals surface area (Å²) in [5, 5.41) is 4.72. The molecule has 0 bridgehead atoms. The Morgan fingerprint density at radius 3 is 2.73 bits per heavy atom. The number of aromatic nitrogens is 3. The van der Waals surface area contributed by atoms with Crippen molar-refractivity contribution in [3.8, 4) is 5.82 Å². The Kier molecular flexibility index (Phi) is 2.73. The van der Waals surface area contributed by atoms with Crippen molar-refractivity contribution in [2.75, 3.05) is 0 Å². The molecule has 0 aliphatic heterocycles. The van der Waals surface area contributed by atoms with Crippen molar-refractivity contribution in [2.45, 2.75) is 19.8 Å². The lowest BCUT2D eigenvalue weighted by Gasteiger charge is -2.08. The van der Waals surface area contributed by atoms with Crippen molar-refractivity contribution in [1.29, 1.82) is 0 Å². The van der Waals surface area contributed by atoms with Gasteiger partial charge in [-0.2, -0.15) is 5.10 Å². The molecule has 15 heavy (non-hydrogen) atoms. The van der Waals surface area contributed by atoms with E-state index in [1.165, 1.54) is 0 Å². The third-order valence-corrected chi connectivity index (χ3v) is 2.51. The molecule has 2 aromatic heterocycles. The molecule has 0 fully saturated rings. The fourth-order valence-electron chi connectivity index (χ4n) is 1.32. The van der Waals surface area contributed by atoms with E-state index in [4.69, 9.17) is 11.6 Å². The van der Waals surface area contributed by atoms with Gasteiger partial charge in [-0.3, -0.25) is 0 Å². The molecule has 2 heterocycles. The lowest BCUT2D eigenvalue weighted by molar-refractivity contribution is 0.823. The zero-order chi connectivity index (χ0) is 10.8. The van der Waals surface area contributed by atoms with E-state index in [2.05, 4.69) is 23.9 Å². The Morgan fingerprint density at radius 2 is 2.20 bits per heavy atom. The molecule has 0 atom stereocenters. The molecule has 0 aliphatic rings. The second kappa shape index (κ2) is 4.03. The van der Waals surface area contributed by atoms with Gasteiger partial charge >= 0.3 is 0 Å². The van der Waals surface area contributed by atoms with Gasteiger partial charge < -0.3 is 0 Å². The predicted octanol–water partition coefficient (Wildman–Crippen LogP) is 3.04. The minimum Gasteiger partial charge on any atom is -0.236 e. The summed E-state index contributed by atoms with van der Waals surface area (Å²) >= 11 is 6.14. The molecule has 0 amide bonds. The van der Waals surface area contributed by atoms with E-state index in [9.17, 15) is 0 Å². The Bertz CT molecular complexity index is 449. The monoisotopic (exact) mass is 221 g/mol. The molecule has 0 saturated carbocycles. The summed E-state index contributed by atoms with van der Waals surface area (Å²) in [5.74, 6) is 1.10. The SMILES string of the molecule is CC(C)c1cnc(-n2cccn2)c(Cl)c1. The van der Waals surface area contributed by atoms with Gasteiger partial charge in [0.1, 0.15) is 0 Å². The van der Waals surface area contributed by atoms with Crippen LogP contribution in [0.5, 0.6) is 0 Å². The average Bonchev–Trinajstić information content (AvgIpc) is 2.70. The molecule has 2 aromatic rings. The van der Waals surface area contributed by atoms with Crippen molar-refractivity contribution in [3.05, 3.63) is 41.3 Å². The van der Waals surface area contributed by atoms with E-state index in [0.717, 1.165) is 5.56 Å². The maximum Gasteiger partial charge on any atom is 0.172 e. The van der Waals surface area contributed by atoms with Gasteiger partial charge in [-0.05, 0) is 23.6 Å². The van der Waals surface area contributed by atoms with Gasteiger partial charge in [-0.15, -0.1) is 0 Å². The topological polar surface area (TPSA) is 30.7 Å². The summed E-state index contributed by atoms with van der Waals surface area (Å²) in [7, 11) is 0. The van der Waals surface area contributed by atoms with Crippen molar-refractivity contribution in [2.24, 2.45) is 0 Å². The Hall–Kier alpha value is -1.35. The van der Waals surface area contributed by atoms with Crippen LogP contribution < -0.4 is 0 Å². The fraction of sp³-hybridized carbons (Fsp3) is 0.273. The zero-order valence-corrected chi connectivity index (χ0v) is 9.44. The van der Waals surface area contributed by atoms with Crippen LogP contribution in [0.4, 0.5) is 0 Å².